The van der Waals surface area contributed by atoms with Crippen molar-refractivity contribution in [1.82, 2.24) is 10.2 Å². The van der Waals surface area contributed by atoms with Crippen LogP contribution in [0.3, 0.4) is 0 Å². The fourth-order valence-corrected chi connectivity index (χ4v) is 4.60. The van der Waals surface area contributed by atoms with Crippen molar-refractivity contribution in [2.45, 2.75) is 50.4 Å². The number of benzene rings is 1. The lowest BCUT2D eigenvalue weighted by molar-refractivity contribution is -0.608. The van der Waals surface area contributed by atoms with Crippen LogP contribution >= 0.6 is 0 Å². The van der Waals surface area contributed by atoms with E-state index >= 15 is 0 Å². The Hall–Kier alpha value is -2.94. The van der Waals surface area contributed by atoms with E-state index in [-0.39, 0.29) is 30.0 Å². The summed E-state index contributed by atoms with van der Waals surface area (Å²) in [6.07, 6.45) is 5.41. The quantitative estimate of drug-likeness (QED) is 0.408. The number of aromatic nitrogens is 1. The summed E-state index contributed by atoms with van der Waals surface area (Å²) in [4.78, 5) is 15.2. The average Bonchev–Trinajstić information content (AvgIpc) is 2.98. The van der Waals surface area contributed by atoms with Crippen LogP contribution in [0.15, 0.2) is 36.5 Å². The summed E-state index contributed by atoms with van der Waals surface area (Å²) >= 11 is 0. The smallest absolute Gasteiger partial charge is 0.322 e. The predicted octanol–water partition coefficient (Wildman–Crippen LogP) is 1.19. The number of amides is 1. The molecule has 1 N–H and O–H groups in total. The molecule has 1 amide bonds. The first-order valence-corrected chi connectivity index (χ1v) is 10.6. The van der Waals surface area contributed by atoms with Crippen LogP contribution in [0.5, 0.6) is 17.2 Å². The van der Waals surface area contributed by atoms with Crippen molar-refractivity contribution in [2.24, 2.45) is 0 Å². The van der Waals surface area contributed by atoms with Gasteiger partial charge in [0.2, 0.25) is 11.9 Å². The number of nitrogens with zero attached hydrogens (tertiary/aromatic N) is 2. The van der Waals surface area contributed by atoms with Gasteiger partial charge < -0.3 is 29.6 Å². The summed E-state index contributed by atoms with van der Waals surface area (Å²) in [6.45, 7) is 0.254. The van der Waals surface area contributed by atoms with Gasteiger partial charge in [-0.1, -0.05) is 12.1 Å². The van der Waals surface area contributed by atoms with Crippen LogP contribution in [0.1, 0.15) is 41.7 Å². The maximum Gasteiger partial charge on any atom is 0.322 e. The zero-order valence-electron chi connectivity index (χ0n) is 18.2. The lowest BCUT2D eigenvalue weighted by atomic mass is 9.98. The highest BCUT2D eigenvalue weighted by Gasteiger charge is 2.39. The van der Waals surface area contributed by atoms with E-state index in [0.29, 0.717) is 22.6 Å². The Labute approximate surface area is 183 Å². The van der Waals surface area contributed by atoms with Crippen LogP contribution in [0, 0.1) is 5.21 Å². The van der Waals surface area contributed by atoms with Crippen LogP contribution < -0.4 is 24.2 Å². The highest BCUT2D eigenvalue weighted by atomic mass is 16.5. The van der Waals surface area contributed by atoms with Gasteiger partial charge >= 0.3 is 14.0 Å². The van der Waals surface area contributed by atoms with Gasteiger partial charge in [-0.25, -0.2) is 0 Å². The number of methoxy groups -OCH3 is 1. The first-order valence-electron chi connectivity index (χ1n) is 10.6. The SMILES string of the molecule is BOc1cc(C(=O)N[C@H]2C[C@H]3CC[C@@H](C2)N3C)[n+]([O-])cc1OCc1ccc(OC)cc1. The molecule has 3 heterocycles. The molecule has 0 radical (unpaired) electrons. The lowest BCUT2D eigenvalue weighted by Crippen LogP contribution is -2.50. The van der Waals surface area contributed by atoms with Crippen molar-refractivity contribution >= 4 is 14.0 Å². The van der Waals surface area contributed by atoms with Crippen LogP contribution in [0.4, 0.5) is 0 Å². The predicted molar refractivity (Wildman–Crippen MR) is 117 cm³/mol. The van der Waals surface area contributed by atoms with Crippen molar-refractivity contribution in [1.29, 1.82) is 0 Å². The molecule has 0 unspecified atom stereocenters. The molecule has 1 aromatic heterocycles. The van der Waals surface area contributed by atoms with E-state index in [0.717, 1.165) is 24.2 Å². The van der Waals surface area contributed by atoms with E-state index in [4.69, 9.17) is 14.1 Å². The molecule has 0 spiro atoms. The van der Waals surface area contributed by atoms with Crippen LogP contribution in [-0.2, 0) is 6.61 Å². The van der Waals surface area contributed by atoms with Crippen molar-refractivity contribution in [3.8, 4) is 17.2 Å². The third kappa shape index (κ3) is 4.56. The van der Waals surface area contributed by atoms with Crippen molar-refractivity contribution in [3.63, 3.8) is 0 Å². The fraction of sp³-hybridized carbons (Fsp3) is 0.455. The number of hydrogen-bond acceptors (Lipinski definition) is 6. The molecule has 0 saturated carbocycles. The van der Waals surface area contributed by atoms with Gasteiger partial charge in [0.1, 0.15) is 12.4 Å². The maximum atomic E-state index is 12.8. The standard InChI is InChI=1S/C22H28BN3O5/c1-25-16-5-6-17(25)10-15(9-16)24-22(27)19-11-20(31-23)21(12-26(19)28)30-13-14-3-7-18(29-2)8-4-14/h3-4,7-8,11-12,15-17H,5-6,9-10,13,23H2,1-2H3,(H,24,27)/t15-,16+,17-. The molecule has 3 atom stereocenters. The first-order chi connectivity index (χ1) is 15.0. The summed E-state index contributed by atoms with van der Waals surface area (Å²) < 4.78 is 16.9. The number of nitrogens with one attached hydrogen (secondary N) is 1. The van der Waals surface area contributed by atoms with Crippen LogP contribution in [0.2, 0.25) is 0 Å². The monoisotopic (exact) mass is 425 g/mol. The fourth-order valence-electron chi connectivity index (χ4n) is 4.60. The Kier molecular flexibility index (Phi) is 6.22. The molecule has 2 aliphatic heterocycles. The lowest BCUT2D eigenvalue weighted by Gasteiger charge is -2.36. The first kappa shape index (κ1) is 21.3. The largest absolute Gasteiger partial charge is 0.618 e. The number of ether oxygens (including phenoxy) is 2. The third-order valence-electron chi connectivity index (χ3n) is 6.42. The summed E-state index contributed by atoms with van der Waals surface area (Å²) in [5.41, 5.74) is 0.916. The zero-order valence-corrected chi connectivity index (χ0v) is 18.2. The molecule has 2 bridgehead atoms. The summed E-state index contributed by atoms with van der Waals surface area (Å²) in [5.74, 6) is 0.993. The molecule has 2 aromatic rings. The minimum atomic E-state index is -0.385. The van der Waals surface area contributed by atoms with Gasteiger partial charge in [-0.05, 0) is 50.4 Å². The molecular formula is C22H28BN3O5. The maximum absolute atomic E-state index is 12.8. The molecule has 8 nitrogen and oxygen atoms in total. The zero-order chi connectivity index (χ0) is 22.0. The number of piperidine rings is 1. The van der Waals surface area contributed by atoms with Gasteiger partial charge in [0.25, 0.3) is 5.69 Å². The summed E-state index contributed by atoms with van der Waals surface area (Å²) in [5, 5.41) is 15.6. The number of rotatable bonds is 7. The molecule has 2 fully saturated rings. The van der Waals surface area contributed by atoms with Gasteiger partial charge in [-0.15, -0.1) is 0 Å². The van der Waals surface area contributed by atoms with Gasteiger partial charge in [0.15, 0.2) is 5.75 Å². The van der Waals surface area contributed by atoms with E-state index in [9.17, 15) is 10.0 Å². The van der Waals surface area contributed by atoms with Gasteiger partial charge in [-0.3, -0.25) is 4.79 Å². The minimum absolute atomic E-state index is 0.0000718. The highest BCUT2D eigenvalue weighted by molar-refractivity contribution is 6.00. The van der Waals surface area contributed by atoms with Crippen molar-refractivity contribution in [2.75, 3.05) is 14.2 Å². The Morgan fingerprint density at radius 3 is 2.52 bits per heavy atom. The van der Waals surface area contributed by atoms with E-state index in [1.165, 1.54) is 33.2 Å². The molecule has 0 aliphatic carbocycles. The molecule has 2 aliphatic rings. The topological polar surface area (TPSA) is 87.0 Å². The highest BCUT2D eigenvalue weighted by Crippen LogP contribution is 2.34. The minimum Gasteiger partial charge on any atom is -0.618 e. The number of fused-ring (bicyclic) bond motifs is 2. The van der Waals surface area contributed by atoms with Crippen LogP contribution in [-0.4, -0.2) is 51.1 Å². The summed E-state index contributed by atoms with van der Waals surface area (Å²) in [7, 11) is 5.25. The van der Waals surface area contributed by atoms with Crippen molar-refractivity contribution < 1.29 is 23.7 Å². The number of hydrogen-bond donors (Lipinski definition) is 1. The Morgan fingerprint density at radius 2 is 1.90 bits per heavy atom. The Bertz CT molecular complexity index is 925. The molecule has 31 heavy (non-hydrogen) atoms. The second-order valence-electron chi connectivity index (χ2n) is 8.25. The van der Waals surface area contributed by atoms with Crippen molar-refractivity contribution in [3.05, 3.63) is 53.0 Å². The third-order valence-corrected chi connectivity index (χ3v) is 6.42. The number of carbonyl (C=O) groups excluding carboxylic acids is 1. The number of carbonyl (C=O) groups is 1. The number of pyridine rings is 1. The van der Waals surface area contributed by atoms with E-state index in [1.54, 1.807) is 7.11 Å². The van der Waals surface area contributed by atoms with E-state index in [1.807, 2.05) is 24.3 Å². The Balaban J connectivity index is 1.43. The van der Waals surface area contributed by atoms with Gasteiger partial charge in [0, 0.05) is 18.1 Å². The van der Waals surface area contributed by atoms with Gasteiger partial charge in [-0.2, -0.15) is 4.73 Å². The van der Waals surface area contributed by atoms with E-state index in [2.05, 4.69) is 17.3 Å². The van der Waals surface area contributed by atoms with Gasteiger partial charge in [0.05, 0.1) is 13.2 Å². The molecule has 164 valence electrons. The van der Waals surface area contributed by atoms with Crippen LogP contribution in [0.25, 0.3) is 0 Å². The van der Waals surface area contributed by atoms with E-state index < -0.39 is 0 Å². The molecule has 2 saturated heterocycles. The Morgan fingerprint density at radius 1 is 1.23 bits per heavy atom. The second-order valence-corrected chi connectivity index (χ2v) is 8.25. The molecule has 1 aromatic carbocycles. The molecule has 4 rings (SSSR count). The molecular weight excluding hydrogens is 397 g/mol. The second kappa shape index (κ2) is 9.05. The average molecular weight is 425 g/mol. The normalized spacial score (nSPS) is 22.7. The summed E-state index contributed by atoms with van der Waals surface area (Å²) in [6, 6.07) is 9.98. The molecule has 9 heteroatoms.